The zero-order valence-corrected chi connectivity index (χ0v) is 16.3. The van der Waals surface area contributed by atoms with E-state index < -0.39 is 44.2 Å². The molecule has 0 heterocycles. The maximum atomic E-state index is 14.3. The third kappa shape index (κ3) is 4.19. The molecule has 0 radical (unpaired) electrons. The van der Waals surface area contributed by atoms with Crippen LogP contribution in [0.5, 0.6) is 0 Å². The summed E-state index contributed by atoms with van der Waals surface area (Å²) >= 11 is 0.630. The zero-order chi connectivity index (χ0) is 21.6. The number of alkyl halides is 6. The quantitative estimate of drug-likeness (QED) is 0.191. The Morgan fingerprint density at radius 1 is 0.821 bits per heavy atom. The first-order chi connectivity index (χ1) is 12.7. The average molecular weight is 519 g/mol. The van der Waals surface area contributed by atoms with Crippen LogP contribution in [0, 0.1) is 40.9 Å². The molecule has 0 saturated carbocycles. The van der Waals surface area contributed by atoms with Gasteiger partial charge in [0.25, 0.3) is 0 Å². The van der Waals surface area contributed by atoms with Gasteiger partial charge in [-0.25, -0.2) is 8.78 Å². The van der Waals surface area contributed by atoms with Gasteiger partial charge in [0.15, 0.2) is 11.6 Å². The Hall–Kier alpha value is -2.03. The van der Waals surface area contributed by atoms with Crippen LogP contribution in [0.25, 0.3) is 0 Å². The van der Waals surface area contributed by atoms with Crippen molar-refractivity contribution in [2.75, 3.05) is 5.73 Å². The van der Waals surface area contributed by atoms with E-state index in [-0.39, 0.29) is 5.56 Å². The predicted molar refractivity (Wildman–Crippen MR) is 95.4 cm³/mol. The fraction of sp³-hybridized carbons (Fsp3) is 0.222. The lowest BCUT2D eigenvalue weighted by molar-refractivity contribution is -0.147. The van der Waals surface area contributed by atoms with Gasteiger partial charge in [0, 0.05) is 14.8 Å². The molecule has 2 aromatic rings. The Balaban J connectivity index is 2.83. The van der Waals surface area contributed by atoms with Crippen LogP contribution in [0.4, 0.5) is 40.8 Å². The number of benzene rings is 2. The van der Waals surface area contributed by atoms with Crippen LogP contribution in [0.1, 0.15) is 33.4 Å². The molecule has 0 bridgehead atoms. The predicted octanol–water partition coefficient (Wildman–Crippen LogP) is 6.21. The average Bonchev–Trinajstić information content (AvgIpc) is 2.49. The van der Waals surface area contributed by atoms with Crippen molar-refractivity contribution in [1.29, 1.82) is 0 Å². The van der Waals surface area contributed by atoms with Gasteiger partial charge < -0.3 is 5.73 Å². The first-order valence-corrected chi connectivity index (χ1v) is 8.47. The van der Waals surface area contributed by atoms with Crippen molar-refractivity contribution in [3.05, 3.63) is 60.7 Å². The van der Waals surface area contributed by atoms with Crippen molar-refractivity contribution in [3.8, 4) is 11.8 Å². The monoisotopic (exact) mass is 519 g/mol. The van der Waals surface area contributed by atoms with Crippen molar-refractivity contribution in [2.45, 2.75) is 26.2 Å². The molecule has 0 saturated heterocycles. The first kappa shape index (κ1) is 22.3. The number of hydrogen-bond donors (Lipinski definition) is 1. The van der Waals surface area contributed by atoms with E-state index in [0.717, 1.165) is 0 Å². The minimum absolute atomic E-state index is 0.128. The molecule has 0 atom stereocenters. The lowest BCUT2D eigenvalue weighted by atomic mass is 10.0. The molecule has 0 amide bonds. The number of aryl methyl sites for hydroxylation is 2. The molecule has 0 fully saturated rings. The molecule has 0 aliphatic rings. The van der Waals surface area contributed by atoms with Crippen molar-refractivity contribution in [1.82, 2.24) is 0 Å². The van der Waals surface area contributed by atoms with E-state index >= 15 is 0 Å². The third-order valence-electron chi connectivity index (χ3n) is 3.81. The van der Waals surface area contributed by atoms with Crippen LogP contribution in [-0.2, 0) is 12.4 Å². The fourth-order valence-electron chi connectivity index (χ4n) is 2.45. The van der Waals surface area contributed by atoms with Crippen LogP contribution in [0.2, 0.25) is 0 Å². The number of nitrogen functional groups attached to an aromatic ring is 1. The fourth-order valence-corrected chi connectivity index (χ4v) is 3.54. The first-order valence-electron chi connectivity index (χ1n) is 7.39. The topological polar surface area (TPSA) is 26.0 Å². The summed E-state index contributed by atoms with van der Waals surface area (Å²) in [7, 11) is 0. The number of anilines is 1. The van der Waals surface area contributed by atoms with Crippen LogP contribution in [0.15, 0.2) is 12.1 Å². The molecule has 0 aliphatic heterocycles. The SMILES string of the molecule is Cc1cc(C#Cc2c(F)c(C(F)(F)F)c(I)c(C(F)(F)F)c2F)cc(C)c1N. The van der Waals surface area contributed by atoms with Crippen molar-refractivity contribution >= 4 is 28.3 Å². The highest BCUT2D eigenvalue weighted by molar-refractivity contribution is 14.1. The van der Waals surface area contributed by atoms with Gasteiger partial charge in [0.05, 0.1) is 5.56 Å². The van der Waals surface area contributed by atoms with E-state index in [1.165, 1.54) is 12.1 Å². The summed E-state index contributed by atoms with van der Waals surface area (Å²) < 4.78 is 106. The van der Waals surface area contributed by atoms with E-state index in [4.69, 9.17) is 5.73 Å². The summed E-state index contributed by atoms with van der Waals surface area (Å²) in [6.07, 6.45) is -10.9. The molecular formula is C18H10F8IN. The molecular weight excluding hydrogens is 509 g/mol. The maximum absolute atomic E-state index is 14.3. The Labute approximate surface area is 168 Å². The van der Waals surface area contributed by atoms with Gasteiger partial charge in [-0.1, -0.05) is 11.8 Å². The number of rotatable bonds is 0. The summed E-state index contributed by atoms with van der Waals surface area (Å²) in [6.45, 7) is 3.20. The second-order valence-electron chi connectivity index (χ2n) is 5.84. The zero-order valence-electron chi connectivity index (χ0n) is 14.1. The highest BCUT2D eigenvalue weighted by Crippen LogP contribution is 2.44. The summed E-state index contributed by atoms with van der Waals surface area (Å²) in [5.74, 6) is -0.406. The van der Waals surface area contributed by atoms with Crippen LogP contribution < -0.4 is 5.73 Å². The van der Waals surface area contributed by atoms with Crippen LogP contribution in [-0.4, -0.2) is 0 Å². The van der Waals surface area contributed by atoms with Gasteiger partial charge in [-0.05, 0) is 59.7 Å². The van der Waals surface area contributed by atoms with E-state index in [9.17, 15) is 35.1 Å². The van der Waals surface area contributed by atoms with Crippen molar-refractivity contribution < 1.29 is 35.1 Å². The Kier molecular flexibility index (Phi) is 5.90. The summed E-state index contributed by atoms with van der Waals surface area (Å²) in [5, 5.41) is 0. The lowest BCUT2D eigenvalue weighted by Crippen LogP contribution is -2.21. The van der Waals surface area contributed by atoms with Gasteiger partial charge >= 0.3 is 12.4 Å². The molecule has 0 aliphatic carbocycles. The van der Waals surface area contributed by atoms with E-state index in [1.54, 1.807) is 19.8 Å². The molecule has 2 rings (SSSR count). The molecule has 0 unspecified atom stereocenters. The molecule has 10 heteroatoms. The smallest absolute Gasteiger partial charge is 0.398 e. The van der Waals surface area contributed by atoms with Gasteiger partial charge in [-0.3, -0.25) is 0 Å². The summed E-state index contributed by atoms with van der Waals surface area (Å²) in [5.41, 5.74) is 1.33. The van der Waals surface area contributed by atoms with Gasteiger partial charge in [0.1, 0.15) is 11.1 Å². The van der Waals surface area contributed by atoms with Gasteiger partial charge in [-0.2, -0.15) is 26.3 Å². The highest BCUT2D eigenvalue weighted by Gasteiger charge is 2.46. The maximum Gasteiger partial charge on any atom is 0.420 e. The molecule has 150 valence electrons. The minimum atomic E-state index is -5.47. The molecule has 2 aromatic carbocycles. The van der Waals surface area contributed by atoms with Crippen LogP contribution in [0.3, 0.4) is 0 Å². The van der Waals surface area contributed by atoms with E-state index in [0.29, 0.717) is 39.4 Å². The summed E-state index contributed by atoms with van der Waals surface area (Å²) in [6, 6.07) is 2.79. The lowest BCUT2D eigenvalue weighted by Gasteiger charge is -2.18. The number of halogens is 9. The van der Waals surface area contributed by atoms with Crippen molar-refractivity contribution in [3.63, 3.8) is 0 Å². The number of hydrogen-bond acceptors (Lipinski definition) is 1. The Morgan fingerprint density at radius 3 is 1.57 bits per heavy atom. The Bertz CT molecular complexity index is 945. The van der Waals surface area contributed by atoms with Crippen molar-refractivity contribution in [2.24, 2.45) is 0 Å². The van der Waals surface area contributed by atoms with Gasteiger partial charge in [0.2, 0.25) is 0 Å². The highest BCUT2D eigenvalue weighted by atomic mass is 127. The second kappa shape index (κ2) is 7.42. The van der Waals surface area contributed by atoms with E-state index in [1.807, 2.05) is 0 Å². The number of nitrogens with two attached hydrogens (primary N) is 1. The minimum Gasteiger partial charge on any atom is -0.398 e. The Morgan fingerprint density at radius 2 is 1.21 bits per heavy atom. The summed E-state index contributed by atoms with van der Waals surface area (Å²) in [4.78, 5) is 0. The second-order valence-corrected chi connectivity index (χ2v) is 6.91. The van der Waals surface area contributed by atoms with Crippen LogP contribution >= 0.6 is 22.6 Å². The molecule has 28 heavy (non-hydrogen) atoms. The molecule has 0 spiro atoms. The molecule has 0 aromatic heterocycles. The molecule has 1 nitrogen and oxygen atoms in total. The standard InChI is InChI=1S/C18H10F8IN/c1-7-5-9(6-8(2)16(7)28)3-4-10-13(19)11(17(21,22)23)15(27)12(14(10)20)18(24,25)26/h5-6H,28H2,1-2H3. The molecule has 2 N–H and O–H groups in total. The largest absolute Gasteiger partial charge is 0.420 e. The normalized spacial score (nSPS) is 12.0. The van der Waals surface area contributed by atoms with E-state index in [2.05, 4.69) is 5.92 Å². The third-order valence-corrected chi connectivity index (χ3v) is 4.89. The van der Waals surface area contributed by atoms with Gasteiger partial charge in [-0.15, -0.1) is 0 Å².